The van der Waals surface area contributed by atoms with Crippen molar-refractivity contribution >= 4 is 17.4 Å². The number of nitrogens with two attached hydrogens (primary N) is 1. The van der Waals surface area contributed by atoms with Crippen molar-refractivity contribution in [3.8, 4) is 0 Å². The summed E-state index contributed by atoms with van der Waals surface area (Å²) in [7, 11) is 0. The highest BCUT2D eigenvalue weighted by atomic mass is 32.1. The number of rotatable bonds is 6. The number of anilines is 1. The first-order valence-corrected chi connectivity index (χ1v) is 6.53. The molecule has 0 spiro atoms. The third-order valence-electron chi connectivity index (χ3n) is 2.42. The summed E-state index contributed by atoms with van der Waals surface area (Å²) >= 11 is 1.72. The molecule has 0 fully saturated rings. The number of aromatic nitrogens is 2. The van der Waals surface area contributed by atoms with Gasteiger partial charge in [-0.1, -0.05) is 18.1 Å². The van der Waals surface area contributed by atoms with E-state index in [1.165, 1.54) is 4.88 Å². The van der Waals surface area contributed by atoms with Gasteiger partial charge in [0.2, 0.25) is 5.89 Å². The van der Waals surface area contributed by atoms with Gasteiger partial charge in [-0.05, 0) is 17.9 Å². The average Bonchev–Trinajstić information content (AvgIpc) is 2.97. The van der Waals surface area contributed by atoms with Crippen LogP contribution in [0, 0.1) is 0 Å². The molecule has 2 rings (SSSR count). The Morgan fingerprint density at radius 2 is 2.41 bits per heavy atom. The fraction of sp³-hybridized carbons (Fsp3) is 0.455. The van der Waals surface area contributed by atoms with E-state index < -0.39 is 0 Å². The molecule has 0 aliphatic carbocycles. The van der Waals surface area contributed by atoms with Gasteiger partial charge in [0, 0.05) is 17.8 Å². The van der Waals surface area contributed by atoms with Crippen LogP contribution in [-0.4, -0.2) is 16.7 Å². The molecule has 0 amide bonds. The molecule has 2 aromatic heterocycles. The summed E-state index contributed by atoms with van der Waals surface area (Å²) in [5.74, 6) is 0.580. The van der Waals surface area contributed by atoms with Gasteiger partial charge in [0.1, 0.15) is 0 Å². The molecule has 0 radical (unpaired) electrons. The van der Waals surface area contributed by atoms with Crippen LogP contribution < -0.4 is 11.1 Å². The van der Waals surface area contributed by atoms with Crippen molar-refractivity contribution in [2.24, 2.45) is 5.73 Å². The number of nitrogens with one attached hydrogen (secondary N) is 1. The van der Waals surface area contributed by atoms with E-state index in [1.807, 2.05) is 6.07 Å². The maximum absolute atomic E-state index is 5.45. The van der Waals surface area contributed by atoms with E-state index in [-0.39, 0.29) is 6.04 Å². The van der Waals surface area contributed by atoms with Crippen LogP contribution in [0.1, 0.15) is 30.2 Å². The van der Waals surface area contributed by atoms with Gasteiger partial charge in [-0.25, -0.2) is 0 Å². The van der Waals surface area contributed by atoms with Crippen LogP contribution in [0.25, 0.3) is 0 Å². The van der Waals surface area contributed by atoms with E-state index in [9.17, 15) is 0 Å². The first-order chi connectivity index (χ1) is 8.33. The number of hydrogen-bond acceptors (Lipinski definition) is 6. The van der Waals surface area contributed by atoms with Crippen LogP contribution in [0.5, 0.6) is 0 Å². The lowest BCUT2D eigenvalue weighted by atomic mass is 10.2. The Labute approximate surface area is 104 Å². The maximum atomic E-state index is 5.45. The van der Waals surface area contributed by atoms with E-state index in [1.54, 1.807) is 11.3 Å². The first kappa shape index (κ1) is 12.1. The lowest BCUT2D eigenvalue weighted by molar-refractivity contribution is 0.499. The summed E-state index contributed by atoms with van der Waals surface area (Å²) in [6.45, 7) is 2.64. The Morgan fingerprint density at radius 3 is 3.06 bits per heavy atom. The molecule has 6 heteroatoms. The van der Waals surface area contributed by atoms with Crippen molar-refractivity contribution in [2.75, 3.05) is 11.9 Å². The molecule has 0 aliphatic heterocycles. The Bertz CT molecular complexity index is 440. The molecular formula is C11H16N4OS. The largest absolute Gasteiger partial charge is 0.408 e. The minimum atomic E-state index is 0.223. The van der Waals surface area contributed by atoms with Gasteiger partial charge in [-0.15, -0.1) is 16.4 Å². The third-order valence-corrected chi connectivity index (χ3v) is 3.40. The van der Waals surface area contributed by atoms with Crippen LogP contribution in [0.4, 0.5) is 6.01 Å². The van der Waals surface area contributed by atoms with Crippen molar-refractivity contribution in [3.05, 3.63) is 28.3 Å². The second-order valence-corrected chi connectivity index (χ2v) is 4.64. The number of thiophene rings is 1. The van der Waals surface area contributed by atoms with Gasteiger partial charge < -0.3 is 15.5 Å². The van der Waals surface area contributed by atoms with Crippen LogP contribution >= 0.6 is 11.3 Å². The quantitative estimate of drug-likeness (QED) is 0.824. The lowest BCUT2D eigenvalue weighted by Crippen LogP contribution is -2.08. The maximum Gasteiger partial charge on any atom is 0.315 e. The van der Waals surface area contributed by atoms with Crippen LogP contribution in [0.3, 0.4) is 0 Å². The smallest absolute Gasteiger partial charge is 0.315 e. The molecule has 0 aliphatic rings. The highest BCUT2D eigenvalue weighted by Crippen LogP contribution is 2.25. The second kappa shape index (κ2) is 5.79. The van der Waals surface area contributed by atoms with Crippen molar-refractivity contribution in [3.63, 3.8) is 0 Å². The molecule has 2 aromatic rings. The molecular weight excluding hydrogens is 236 g/mol. The van der Waals surface area contributed by atoms with Gasteiger partial charge in [0.25, 0.3) is 0 Å². The standard InChI is InChI=1S/C11H16N4OS/c1-2-8(9-4-3-7-17-9)13-11-15-14-10(16-11)5-6-12/h3-4,7-8H,2,5-6,12H2,1H3,(H,13,15). The van der Waals surface area contributed by atoms with Crippen LogP contribution in [0.2, 0.25) is 0 Å². The van der Waals surface area contributed by atoms with Gasteiger partial charge in [-0.2, -0.15) is 0 Å². The zero-order chi connectivity index (χ0) is 12.1. The molecule has 1 unspecified atom stereocenters. The fourth-order valence-electron chi connectivity index (χ4n) is 1.55. The van der Waals surface area contributed by atoms with Crippen molar-refractivity contribution in [1.82, 2.24) is 10.2 Å². The van der Waals surface area contributed by atoms with E-state index in [4.69, 9.17) is 10.2 Å². The normalized spacial score (nSPS) is 12.6. The molecule has 5 nitrogen and oxygen atoms in total. The van der Waals surface area contributed by atoms with Crippen LogP contribution in [-0.2, 0) is 6.42 Å². The molecule has 2 heterocycles. The first-order valence-electron chi connectivity index (χ1n) is 5.66. The lowest BCUT2D eigenvalue weighted by Gasteiger charge is -2.12. The number of hydrogen-bond donors (Lipinski definition) is 2. The van der Waals surface area contributed by atoms with Gasteiger partial charge in [0.15, 0.2) is 0 Å². The minimum Gasteiger partial charge on any atom is -0.408 e. The zero-order valence-corrected chi connectivity index (χ0v) is 10.5. The van der Waals surface area contributed by atoms with E-state index in [0.717, 1.165) is 6.42 Å². The molecule has 1 atom stereocenters. The molecule has 0 saturated heterocycles. The Kier molecular flexibility index (Phi) is 4.11. The van der Waals surface area contributed by atoms with Gasteiger partial charge in [0.05, 0.1) is 6.04 Å². The van der Waals surface area contributed by atoms with Crippen LogP contribution in [0.15, 0.2) is 21.9 Å². The fourth-order valence-corrected chi connectivity index (χ4v) is 2.41. The molecule has 3 N–H and O–H groups in total. The predicted octanol–water partition coefficient (Wildman–Crippen LogP) is 2.20. The Balaban J connectivity index is 2.02. The van der Waals surface area contributed by atoms with E-state index >= 15 is 0 Å². The summed E-state index contributed by atoms with van der Waals surface area (Å²) in [4.78, 5) is 1.27. The summed E-state index contributed by atoms with van der Waals surface area (Å²) in [6, 6.07) is 4.83. The highest BCUT2D eigenvalue weighted by molar-refractivity contribution is 7.10. The molecule has 17 heavy (non-hydrogen) atoms. The Hall–Kier alpha value is -1.40. The van der Waals surface area contributed by atoms with E-state index in [2.05, 4.69) is 33.9 Å². The van der Waals surface area contributed by atoms with Crippen molar-refractivity contribution in [2.45, 2.75) is 25.8 Å². The van der Waals surface area contributed by atoms with Crippen molar-refractivity contribution < 1.29 is 4.42 Å². The number of nitrogens with zero attached hydrogens (tertiary/aromatic N) is 2. The monoisotopic (exact) mass is 252 g/mol. The minimum absolute atomic E-state index is 0.223. The zero-order valence-electron chi connectivity index (χ0n) is 9.72. The predicted molar refractivity (Wildman–Crippen MR) is 68.0 cm³/mol. The summed E-state index contributed by atoms with van der Waals surface area (Å²) in [5.41, 5.74) is 5.43. The van der Waals surface area contributed by atoms with Crippen molar-refractivity contribution in [1.29, 1.82) is 0 Å². The molecule has 0 bridgehead atoms. The van der Waals surface area contributed by atoms with Gasteiger partial charge in [-0.3, -0.25) is 0 Å². The second-order valence-electron chi connectivity index (χ2n) is 3.66. The third kappa shape index (κ3) is 3.04. The SMILES string of the molecule is CCC(Nc1nnc(CCN)o1)c1cccs1. The molecule has 0 aromatic carbocycles. The highest BCUT2D eigenvalue weighted by Gasteiger charge is 2.13. The Morgan fingerprint density at radius 1 is 1.53 bits per heavy atom. The topological polar surface area (TPSA) is 77.0 Å². The molecule has 0 saturated carbocycles. The van der Waals surface area contributed by atoms with Gasteiger partial charge >= 0.3 is 6.01 Å². The average molecular weight is 252 g/mol. The molecule has 92 valence electrons. The summed E-state index contributed by atoms with van der Waals surface area (Å²) in [6.07, 6.45) is 1.58. The van der Waals surface area contributed by atoms with E-state index in [0.29, 0.717) is 24.9 Å². The summed E-state index contributed by atoms with van der Waals surface area (Å²) < 4.78 is 5.45. The summed E-state index contributed by atoms with van der Waals surface area (Å²) in [5, 5.41) is 13.2.